The molecule has 4 rings (SSSR count). The number of nitrogens with one attached hydrogen (secondary N) is 3. The number of hydrogen-bond donors (Lipinski definition) is 3. The number of carbonyl (C=O) groups is 1. The number of rotatable bonds is 2. The number of benzene rings is 2. The monoisotopic (exact) mass is 289 g/mol. The number of anilines is 1. The van der Waals surface area contributed by atoms with E-state index in [2.05, 4.69) is 15.3 Å². The van der Waals surface area contributed by atoms with Gasteiger partial charge in [0.2, 0.25) is 0 Å². The van der Waals surface area contributed by atoms with Gasteiger partial charge in [0, 0.05) is 39.3 Å². The Morgan fingerprint density at radius 2 is 1.91 bits per heavy atom. The number of amides is 1. The summed E-state index contributed by atoms with van der Waals surface area (Å²) in [7, 11) is 0. The maximum absolute atomic E-state index is 12.5. The fraction of sp³-hybridized carbons (Fsp3) is 0.0556. The first-order valence-electron chi connectivity index (χ1n) is 7.18. The number of fused-ring (bicyclic) bond motifs is 2. The molecule has 0 aliphatic carbocycles. The predicted octanol–water partition coefficient (Wildman–Crippen LogP) is 4.21. The number of para-hydroxylation sites is 1. The Morgan fingerprint density at radius 1 is 1.05 bits per heavy atom. The van der Waals surface area contributed by atoms with E-state index >= 15 is 0 Å². The maximum Gasteiger partial charge on any atom is 0.255 e. The first-order valence-corrected chi connectivity index (χ1v) is 7.18. The van der Waals surface area contributed by atoms with Crippen LogP contribution in [0.4, 0.5) is 5.69 Å². The van der Waals surface area contributed by atoms with Crippen LogP contribution in [-0.2, 0) is 0 Å². The Hall–Kier alpha value is -3.01. The molecule has 3 N–H and O–H groups in total. The van der Waals surface area contributed by atoms with E-state index < -0.39 is 0 Å². The van der Waals surface area contributed by atoms with Crippen molar-refractivity contribution in [1.29, 1.82) is 0 Å². The summed E-state index contributed by atoms with van der Waals surface area (Å²) in [6.45, 7) is 1.96. The van der Waals surface area contributed by atoms with Crippen molar-refractivity contribution in [3.05, 3.63) is 66.0 Å². The Bertz CT molecular complexity index is 994. The highest BCUT2D eigenvalue weighted by Crippen LogP contribution is 2.27. The Kier molecular flexibility index (Phi) is 2.76. The number of aromatic amines is 2. The van der Waals surface area contributed by atoms with Crippen molar-refractivity contribution in [2.45, 2.75) is 6.92 Å². The van der Waals surface area contributed by atoms with Crippen LogP contribution in [0.2, 0.25) is 0 Å². The molecule has 0 fully saturated rings. The number of H-pyrrole nitrogens is 2. The van der Waals surface area contributed by atoms with E-state index in [0.29, 0.717) is 5.56 Å². The van der Waals surface area contributed by atoms with E-state index in [1.165, 1.54) is 0 Å². The lowest BCUT2D eigenvalue weighted by atomic mass is 10.1. The number of carbonyl (C=O) groups excluding carboxylic acids is 1. The molecule has 0 atom stereocenters. The summed E-state index contributed by atoms with van der Waals surface area (Å²) in [6.07, 6.45) is 1.87. The summed E-state index contributed by atoms with van der Waals surface area (Å²) >= 11 is 0. The molecular weight excluding hydrogens is 274 g/mol. The van der Waals surface area contributed by atoms with Gasteiger partial charge in [-0.15, -0.1) is 0 Å². The number of aromatic nitrogens is 2. The van der Waals surface area contributed by atoms with Gasteiger partial charge in [-0.05, 0) is 37.3 Å². The van der Waals surface area contributed by atoms with Crippen molar-refractivity contribution in [2.75, 3.05) is 5.32 Å². The largest absolute Gasteiger partial charge is 0.361 e. The summed E-state index contributed by atoms with van der Waals surface area (Å²) < 4.78 is 0. The Balaban J connectivity index is 1.72. The van der Waals surface area contributed by atoms with E-state index in [-0.39, 0.29) is 5.91 Å². The molecule has 2 aromatic heterocycles. The minimum atomic E-state index is -0.101. The lowest BCUT2D eigenvalue weighted by Gasteiger charge is -2.06. The fourth-order valence-electron chi connectivity index (χ4n) is 2.82. The van der Waals surface area contributed by atoms with Crippen LogP contribution in [0, 0.1) is 6.92 Å². The molecule has 2 heterocycles. The maximum atomic E-state index is 12.5. The summed E-state index contributed by atoms with van der Waals surface area (Å²) in [5.74, 6) is -0.101. The molecule has 1 amide bonds. The van der Waals surface area contributed by atoms with Gasteiger partial charge in [0.1, 0.15) is 0 Å². The van der Waals surface area contributed by atoms with Crippen molar-refractivity contribution < 1.29 is 4.79 Å². The van der Waals surface area contributed by atoms with Crippen LogP contribution in [0.3, 0.4) is 0 Å². The molecule has 0 saturated carbocycles. The predicted molar refractivity (Wildman–Crippen MR) is 89.3 cm³/mol. The van der Waals surface area contributed by atoms with E-state index in [4.69, 9.17) is 0 Å². The van der Waals surface area contributed by atoms with Gasteiger partial charge in [-0.3, -0.25) is 4.79 Å². The van der Waals surface area contributed by atoms with Crippen molar-refractivity contribution in [3.8, 4) is 0 Å². The standard InChI is InChI=1S/C18H15N3O/c1-11-17(14-4-2-3-5-16(14)20-11)21-18(22)13-6-7-15-12(10-13)8-9-19-15/h2-10,19-20H,1H3,(H,21,22). The first kappa shape index (κ1) is 12.7. The fourth-order valence-corrected chi connectivity index (χ4v) is 2.82. The minimum absolute atomic E-state index is 0.101. The third kappa shape index (κ3) is 1.97. The SMILES string of the molecule is Cc1[nH]c2ccccc2c1NC(=O)c1ccc2[nH]ccc2c1. The van der Waals surface area contributed by atoms with Crippen LogP contribution in [0.15, 0.2) is 54.7 Å². The van der Waals surface area contributed by atoms with E-state index in [9.17, 15) is 4.79 Å². The molecular formula is C18H15N3O. The summed E-state index contributed by atoms with van der Waals surface area (Å²) in [4.78, 5) is 19.0. The van der Waals surface area contributed by atoms with Crippen molar-refractivity contribution in [2.24, 2.45) is 0 Å². The van der Waals surface area contributed by atoms with Gasteiger partial charge in [0.15, 0.2) is 0 Å². The number of hydrogen-bond acceptors (Lipinski definition) is 1. The molecule has 0 saturated heterocycles. The third-order valence-electron chi connectivity index (χ3n) is 3.95. The van der Waals surface area contributed by atoms with Crippen LogP contribution in [0.5, 0.6) is 0 Å². The second-order valence-electron chi connectivity index (χ2n) is 5.40. The smallest absolute Gasteiger partial charge is 0.255 e. The van der Waals surface area contributed by atoms with Crippen molar-refractivity contribution in [3.63, 3.8) is 0 Å². The molecule has 0 aliphatic heterocycles. The van der Waals surface area contributed by atoms with Gasteiger partial charge in [0.25, 0.3) is 5.91 Å². The average Bonchev–Trinajstić information content (AvgIpc) is 3.11. The van der Waals surface area contributed by atoms with Gasteiger partial charge in [0.05, 0.1) is 5.69 Å². The highest BCUT2D eigenvalue weighted by atomic mass is 16.1. The molecule has 4 aromatic rings. The molecule has 2 aromatic carbocycles. The molecule has 0 spiro atoms. The molecule has 4 heteroatoms. The molecule has 108 valence electrons. The topological polar surface area (TPSA) is 60.7 Å². The minimum Gasteiger partial charge on any atom is -0.361 e. The molecule has 0 unspecified atom stereocenters. The second kappa shape index (κ2) is 4.77. The highest BCUT2D eigenvalue weighted by Gasteiger charge is 2.13. The molecule has 22 heavy (non-hydrogen) atoms. The van der Waals surface area contributed by atoms with Crippen LogP contribution in [0.25, 0.3) is 21.8 Å². The Morgan fingerprint density at radius 3 is 2.82 bits per heavy atom. The van der Waals surface area contributed by atoms with Crippen LogP contribution in [0.1, 0.15) is 16.1 Å². The van der Waals surface area contributed by atoms with E-state index in [0.717, 1.165) is 33.2 Å². The van der Waals surface area contributed by atoms with Gasteiger partial charge in [-0.25, -0.2) is 0 Å². The molecule has 0 bridgehead atoms. The summed E-state index contributed by atoms with van der Waals surface area (Å²) in [5, 5.41) is 5.08. The van der Waals surface area contributed by atoms with Crippen molar-refractivity contribution in [1.82, 2.24) is 9.97 Å². The lowest BCUT2D eigenvalue weighted by Crippen LogP contribution is -2.12. The van der Waals surface area contributed by atoms with Gasteiger partial charge >= 0.3 is 0 Å². The Labute approximate surface area is 127 Å². The highest BCUT2D eigenvalue weighted by molar-refractivity contribution is 6.10. The quantitative estimate of drug-likeness (QED) is 0.508. The number of aryl methyl sites for hydroxylation is 1. The molecule has 4 nitrogen and oxygen atoms in total. The zero-order valence-corrected chi connectivity index (χ0v) is 12.1. The van der Waals surface area contributed by atoms with Gasteiger partial charge in [-0.1, -0.05) is 18.2 Å². The van der Waals surface area contributed by atoms with Crippen LogP contribution in [-0.4, -0.2) is 15.9 Å². The molecule has 0 radical (unpaired) electrons. The lowest BCUT2D eigenvalue weighted by molar-refractivity contribution is 0.102. The normalized spacial score (nSPS) is 11.1. The zero-order chi connectivity index (χ0) is 15.1. The third-order valence-corrected chi connectivity index (χ3v) is 3.95. The van der Waals surface area contributed by atoms with Gasteiger partial charge < -0.3 is 15.3 Å². The molecule has 0 aliphatic rings. The van der Waals surface area contributed by atoms with Crippen molar-refractivity contribution >= 4 is 33.4 Å². The van der Waals surface area contributed by atoms with Gasteiger partial charge in [-0.2, -0.15) is 0 Å². The first-order chi connectivity index (χ1) is 10.7. The average molecular weight is 289 g/mol. The zero-order valence-electron chi connectivity index (χ0n) is 12.1. The van der Waals surface area contributed by atoms with E-state index in [1.807, 2.05) is 61.7 Å². The second-order valence-corrected chi connectivity index (χ2v) is 5.40. The summed E-state index contributed by atoms with van der Waals surface area (Å²) in [6, 6.07) is 15.6. The van der Waals surface area contributed by atoms with E-state index in [1.54, 1.807) is 0 Å². The van der Waals surface area contributed by atoms with Crippen LogP contribution >= 0.6 is 0 Å². The summed E-state index contributed by atoms with van der Waals surface area (Å²) in [5.41, 5.74) is 4.50. The van der Waals surface area contributed by atoms with Crippen LogP contribution < -0.4 is 5.32 Å².